The first kappa shape index (κ1) is 36.9. The second-order valence-corrected chi connectivity index (χ2v) is 14.8. The third kappa shape index (κ3) is 6.49. The Labute approximate surface area is 318 Å². The molecule has 4 aliphatic heterocycles. The molecule has 2 aromatic carbocycles. The van der Waals surface area contributed by atoms with Gasteiger partial charge in [0, 0.05) is 43.0 Å². The van der Waals surface area contributed by atoms with Gasteiger partial charge in [-0.3, -0.25) is 9.80 Å². The molecule has 11 nitrogen and oxygen atoms in total. The van der Waals surface area contributed by atoms with E-state index in [2.05, 4.69) is 20.6 Å². The number of halogens is 2. The number of hydrogen-bond donors (Lipinski definition) is 1. The minimum atomic E-state index is -0.726. The van der Waals surface area contributed by atoms with E-state index >= 15 is 8.78 Å². The Bertz CT molecular complexity index is 2360. The third-order valence-electron chi connectivity index (χ3n) is 11.8. The van der Waals surface area contributed by atoms with Crippen molar-refractivity contribution < 1.29 is 27.5 Å². The van der Waals surface area contributed by atoms with Crippen molar-refractivity contribution in [1.29, 1.82) is 0 Å². The number of pyridine rings is 1. The number of piperazine rings is 1. The van der Waals surface area contributed by atoms with E-state index in [1.54, 1.807) is 0 Å². The molecular formula is C42H46F2N6O5. The number of nitrogens with zero attached hydrogens (tertiary/aromatic N) is 6. The van der Waals surface area contributed by atoms with Crippen molar-refractivity contribution in [2.24, 2.45) is 0 Å². The zero-order chi connectivity index (χ0) is 38.4. The summed E-state index contributed by atoms with van der Waals surface area (Å²) in [7, 11) is 0. The number of terminal acetylenes is 1. The zero-order valence-electron chi connectivity index (χ0n) is 31.6. The van der Waals surface area contributed by atoms with Gasteiger partial charge in [-0.15, -0.1) is 6.42 Å². The summed E-state index contributed by atoms with van der Waals surface area (Å²) in [5.41, 5.74) is 0.662. The van der Waals surface area contributed by atoms with Gasteiger partial charge in [0.05, 0.1) is 28.7 Å². The quantitative estimate of drug-likeness (QED) is 0.174. The van der Waals surface area contributed by atoms with Crippen LogP contribution in [0.4, 0.5) is 14.6 Å². The number of ether oxygens (including phenoxy) is 1. The molecular weight excluding hydrogens is 706 g/mol. The average Bonchev–Trinajstić information content (AvgIpc) is 3.88. The molecule has 1 N–H and O–H groups in total. The maximum atomic E-state index is 17.3. The van der Waals surface area contributed by atoms with Gasteiger partial charge in [-0.05, 0) is 81.6 Å². The molecule has 288 valence electrons. The van der Waals surface area contributed by atoms with Gasteiger partial charge in [-0.1, -0.05) is 32.8 Å². The lowest BCUT2D eigenvalue weighted by Gasteiger charge is -2.43. The van der Waals surface area contributed by atoms with E-state index in [-0.39, 0.29) is 51.1 Å². The lowest BCUT2D eigenvalue weighted by Crippen LogP contribution is -2.53. The van der Waals surface area contributed by atoms with Crippen LogP contribution in [-0.4, -0.2) is 80.8 Å². The molecule has 0 aliphatic carbocycles. The van der Waals surface area contributed by atoms with Gasteiger partial charge in [0.25, 0.3) is 0 Å². The number of fused-ring (bicyclic) bond motifs is 4. The molecule has 55 heavy (non-hydrogen) atoms. The van der Waals surface area contributed by atoms with Crippen LogP contribution in [0, 0.1) is 24.0 Å². The summed E-state index contributed by atoms with van der Waals surface area (Å²) in [6.45, 7) is 10.7. The average molecular weight is 753 g/mol. The predicted molar refractivity (Wildman–Crippen MR) is 205 cm³/mol. The first-order valence-electron chi connectivity index (χ1n) is 19.6. The number of aromatic hydroxyl groups is 1. The fraction of sp³-hybridized carbons (Fsp3) is 0.476. The van der Waals surface area contributed by atoms with E-state index in [0.717, 1.165) is 51.6 Å². The molecule has 9 rings (SSSR count). The standard InChI is InChI=1S/C40H40F2N6O5.C2H6/c1-3-26-28(41)11-10-23-18-25(49)19-27(32(23)26)35-34(42)36-33-29(43-35)9-5-8-24-20-46(21-31-30(4-2)52-39(50)53-31)16-17-48(24)37(33)45-38(44-36)51-22-40-12-6-14-47(40)15-7-13-40;1-2/h1,10-11,18-19,24,49H,4-9,12-17,20-22H2,2H3;1-2H3. The largest absolute Gasteiger partial charge is 0.519 e. The predicted octanol–water partition coefficient (Wildman–Crippen LogP) is 6.98. The summed E-state index contributed by atoms with van der Waals surface area (Å²) in [4.78, 5) is 33.6. The zero-order valence-corrected chi connectivity index (χ0v) is 31.6. The second kappa shape index (κ2) is 14.9. The van der Waals surface area contributed by atoms with Gasteiger partial charge in [0.1, 0.15) is 35.2 Å². The van der Waals surface area contributed by atoms with Crippen LogP contribution in [-0.2, 0) is 19.4 Å². The maximum absolute atomic E-state index is 17.3. The molecule has 3 fully saturated rings. The highest BCUT2D eigenvalue weighted by molar-refractivity contribution is 6.03. The Balaban J connectivity index is 0.00000210. The van der Waals surface area contributed by atoms with E-state index in [1.165, 1.54) is 24.3 Å². The van der Waals surface area contributed by atoms with Gasteiger partial charge in [0.2, 0.25) is 0 Å². The van der Waals surface area contributed by atoms with Crippen LogP contribution in [0.1, 0.15) is 82.1 Å². The molecule has 3 aromatic heterocycles. The van der Waals surface area contributed by atoms with E-state index in [4.69, 9.17) is 34.9 Å². The molecule has 1 unspecified atom stereocenters. The van der Waals surface area contributed by atoms with Crippen molar-refractivity contribution in [3.63, 3.8) is 0 Å². The van der Waals surface area contributed by atoms with Crippen LogP contribution >= 0.6 is 0 Å². The first-order chi connectivity index (χ1) is 26.7. The summed E-state index contributed by atoms with van der Waals surface area (Å²) >= 11 is 0. The summed E-state index contributed by atoms with van der Waals surface area (Å²) in [5, 5.41) is 12.0. The molecule has 4 aliphatic rings. The molecule has 1 atom stereocenters. The van der Waals surface area contributed by atoms with Crippen molar-refractivity contribution in [3.05, 3.63) is 69.3 Å². The van der Waals surface area contributed by atoms with Crippen molar-refractivity contribution >= 4 is 27.5 Å². The Kier molecular flexibility index (Phi) is 9.98. The van der Waals surface area contributed by atoms with Crippen molar-refractivity contribution in [1.82, 2.24) is 24.8 Å². The number of phenols is 1. The highest BCUT2D eigenvalue weighted by Gasteiger charge is 2.45. The van der Waals surface area contributed by atoms with Gasteiger partial charge >= 0.3 is 11.8 Å². The van der Waals surface area contributed by atoms with Gasteiger partial charge in [-0.25, -0.2) is 18.6 Å². The summed E-state index contributed by atoms with van der Waals surface area (Å²) in [6, 6.07) is 5.71. The monoisotopic (exact) mass is 752 g/mol. The van der Waals surface area contributed by atoms with Crippen LogP contribution in [0.25, 0.3) is 32.9 Å². The SMILES string of the molecule is C#Cc1c(F)ccc2cc(O)cc(-c3nc4c5c(nc(OCC67CCCN6CCC7)nc5c3F)N3CCN(Cc5oc(=O)oc5CC)CC3CCC4)c12.CC. The van der Waals surface area contributed by atoms with Crippen molar-refractivity contribution in [2.45, 2.75) is 90.3 Å². The number of phenolic OH excluding ortho intramolecular Hbond substituents is 1. The topological polar surface area (TPSA) is 121 Å². The fourth-order valence-electron chi connectivity index (χ4n) is 9.27. The number of anilines is 1. The number of rotatable bonds is 7. The molecule has 0 radical (unpaired) electrons. The Hall–Kier alpha value is -5.06. The second-order valence-electron chi connectivity index (χ2n) is 14.8. The smallest absolute Gasteiger partial charge is 0.508 e. The lowest BCUT2D eigenvalue weighted by atomic mass is 9.94. The van der Waals surface area contributed by atoms with Crippen LogP contribution < -0.4 is 15.5 Å². The van der Waals surface area contributed by atoms with Crippen LogP contribution in [0.3, 0.4) is 0 Å². The Morgan fingerprint density at radius 1 is 1.02 bits per heavy atom. The molecule has 5 aromatic rings. The van der Waals surface area contributed by atoms with E-state index < -0.39 is 17.5 Å². The summed E-state index contributed by atoms with van der Waals surface area (Å²) in [5.74, 6) is 1.92. The minimum absolute atomic E-state index is 0.0178. The third-order valence-corrected chi connectivity index (χ3v) is 11.8. The molecule has 7 heterocycles. The number of aromatic nitrogens is 3. The molecule has 0 saturated carbocycles. The minimum Gasteiger partial charge on any atom is -0.508 e. The van der Waals surface area contributed by atoms with Crippen molar-refractivity contribution in [2.75, 3.05) is 44.2 Å². The number of aryl methyl sites for hydroxylation is 2. The Morgan fingerprint density at radius 2 is 1.80 bits per heavy atom. The summed E-state index contributed by atoms with van der Waals surface area (Å²) in [6.07, 6.45) is 12.6. The van der Waals surface area contributed by atoms with E-state index in [1.807, 2.05) is 20.8 Å². The highest BCUT2D eigenvalue weighted by Crippen LogP contribution is 2.43. The normalized spacial score (nSPS) is 19.3. The molecule has 3 saturated heterocycles. The molecule has 0 bridgehead atoms. The van der Waals surface area contributed by atoms with Crippen LogP contribution in [0.5, 0.6) is 11.8 Å². The lowest BCUT2D eigenvalue weighted by molar-refractivity contribution is 0.107. The highest BCUT2D eigenvalue weighted by atomic mass is 19.1. The van der Waals surface area contributed by atoms with E-state index in [9.17, 15) is 9.90 Å². The van der Waals surface area contributed by atoms with Gasteiger partial charge in [0.15, 0.2) is 17.3 Å². The maximum Gasteiger partial charge on any atom is 0.519 e. The molecule has 0 amide bonds. The van der Waals surface area contributed by atoms with Gasteiger partial charge < -0.3 is 23.6 Å². The van der Waals surface area contributed by atoms with Crippen molar-refractivity contribution in [3.8, 4) is 35.4 Å². The fourth-order valence-corrected chi connectivity index (χ4v) is 9.27. The first-order valence-corrected chi connectivity index (χ1v) is 19.6. The number of benzene rings is 2. The Morgan fingerprint density at radius 3 is 2.56 bits per heavy atom. The molecule has 0 spiro atoms. The van der Waals surface area contributed by atoms with E-state index in [0.29, 0.717) is 79.4 Å². The summed E-state index contributed by atoms with van der Waals surface area (Å²) < 4.78 is 49.5. The van der Waals surface area contributed by atoms with Crippen LogP contribution in [0.2, 0.25) is 0 Å². The molecule has 13 heteroatoms. The van der Waals surface area contributed by atoms with Crippen LogP contribution in [0.15, 0.2) is 37.9 Å². The van der Waals surface area contributed by atoms with Gasteiger partial charge in [-0.2, -0.15) is 9.97 Å². The number of hydrogen-bond acceptors (Lipinski definition) is 11.